The number of carboxylic acids is 1. The van der Waals surface area contributed by atoms with Crippen LogP contribution in [0, 0.1) is 0 Å². The van der Waals surface area contributed by atoms with Gasteiger partial charge in [-0.3, -0.25) is 19.1 Å². The Kier molecular flexibility index (Phi) is 16.1. The number of fused-ring (bicyclic) bond motifs is 2. The first kappa shape index (κ1) is 53.8. The van der Waals surface area contributed by atoms with Gasteiger partial charge in [0.15, 0.2) is 11.3 Å². The molecule has 0 aliphatic carbocycles. The lowest BCUT2D eigenvalue weighted by Crippen LogP contribution is -2.42. The largest absolute Gasteiger partial charge is 0.478 e. The highest BCUT2D eigenvalue weighted by Crippen LogP contribution is 2.36. The van der Waals surface area contributed by atoms with Crippen LogP contribution in [0.3, 0.4) is 0 Å². The third-order valence-corrected chi connectivity index (χ3v) is 14.3. The molecule has 2 aromatic carbocycles. The smallest absolute Gasteiger partial charge is 0.410 e. The summed E-state index contributed by atoms with van der Waals surface area (Å²) in [4.78, 5) is 54.6. The highest BCUT2D eigenvalue weighted by Gasteiger charge is 2.35. The van der Waals surface area contributed by atoms with E-state index >= 15 is 0 Å². The molecule has 10 rings (SSSR count). The number of benzene rings is 2. The van der Waals surface area contributed by atoms with E-state index in [2.05, 4.69) is 19.2 Å². The molecule has 0 spiro atoms. The van der Waals surface area contributed by atoms with Crippen molar-refractivity contribution in [1.82, 2.24) is 39.0 Å². The van der Waals surface area contributed by atoms with Gasteiger partial charge < -0.3 is 24.5 Å². The van der Waals surface area contributed by atoms with Crippen molar-refractivity contribution in [3.8, 4) is 0 Å². The number of sulfonamides is 2. The fraction of sp³-hybridized carbons (Fsp3) is 0.449. The second kappa shape index (κ2) is 22.2. The van der Waals surface area contributed by atoms with Gasteiger partial charge in [0.05, 0.1) is 58.5 Å². The van der Waals surface area contributed by atoms with E-state index < -0.39 is 31.6 Å². The van der Waals surface area contributed by atoms with E-state index in [4.69, 9.17) is 53.2 Å². The minimum atomic E-state index is -3.56. The van der Waals surface area contributed by atoms with Gasteiger partial charge in [-0.05, 0) is 121 Å². The normalized spacial score (nSPS) is 18.0. The quantitative estimate of drug-likeness (QED) is 0.117. The summed E-state index contributed by atoms with van der Waals surface area (Å²) in [7, 11) is -7.06. The van der Waals surface area contributed by atoms with Crippen molar-refractivity contribution in [2.24, 2.45) is 0 Å². The predicted octanol–water partition coefficient (Wildman–Crippen LogP) is 8.14. The molecule has 3 N–H and O–H groups in total. The number of nitrogens with zero attached hydrogens (tertiary/aromatic N) is 10. The van der Waals surface area contributed by atoms with Gasteiger partial charge in [-0.1, -0.05) is 23.2 Å². The Morgan fingerprint density at radius 3 is 1.50 bits per heavy atom. The van der Waals surface area contributed by atoms with E-state index in [9.17, 15) is 31.2 Å². The number of anilines is 4. The zero-order valence-corrected chi connectivity index (χ0v) is 44.9. The average molecular weight is 1100 g/mol. The fourth-order valence-electron chi connectivity index (χ4n) is 8.92. The van der Waals surface area contributed by atoms with Crippen molar-refractivity contribution in [3.05, 3.63) is 106 Å². The van der Waals surface area contributed by atoms with E-state index in [1.165, 1.54) is 43.2 Å². The minimum absolute atomic E-state index is 0.00519. The van der Waals surface area contributed by atoms with Crippen LogP contribution < -0.4 is 19.2 Å². The molecule has 2 atom stereocenters. The first-order valence-corrected chi connectivity index (χ1v) is 28.8. The first-order valence-electron chi connectivity index (χ1n) is 24.3. The standard InChI is InChI=1S/C22H25ClN6O3S.C19H27N5O2.C8H8ClNO4S/c1-33(31,32)26-17-7-6-15(23)13-16(17)22(30)28-11-3-2-5-19(28)18-14-21-24-20(27-9-4-10-27)8-12-29(21)25-18;1-19(2,3)26-18(25)23-11-5-4-7-15(23)14-13-17-20-16(22-9-6-10-22)8-12-24(17)21-14;1-15(13,14)10-7-3-2-5(9)4-6(7)8(11)12/h6-8,12-14,19,26H,2-5,9-11H2,1H3;8,12-13,15H,4-7,9-11H2,1-3H3;2-4,10H,1H3,(H,11,12)/t19-;15-;/m00./s1. The summed E-state index contributed by atoms with van der Waals surface area (Å²) in [6.45, 7) is 11.1. The molecule has 4 fully saturated rings. The van der Waals surface area contributed by atoms with Crippen LogP contribution in [0.1, 0.15) is 116 Å². The fourth-order valence-corrected chi connectivity index (χ4v) is 10.4. The number of amides is 2. The van der Waals surface area contributed by atoms with Crippen molar-refractivity contribution in [3.63, 3.8) is 0 Å². The van der Waals surface area contributed by atoms with Crippen LogP contribution in [0.5, 0.6) is 0 Å². The summed E-state index contributed by atoms with van der Waals surface area (Å²) in [5, 5.41) is 18.8. The van der Waals surface area contributed by atoms with Crippen molar-refractivity contribution in [1.29, 1.82) is 0 Å². The van der Waals surface area contributed by atoms with Gasteiger partial charge in [0, 0.05) is 73.8 Å². The highest BCUT2D eigenvalue weighted by atomic mass is 35.5. The summed E-state index contributed by atoms with van der Waals surface area (Å²) in [6.07, 6.45) is 13.6. The molecular weight excluding hydrogens is 1040 g/mol. The number of aromatic carboxylic acids is 1. The molecule has 396 valence electrons. The summed E-state index contributed by atoms with van der Waals surface area (Å²) in [5.41, 5.74) is 3.00. The van der Waals surface area contributed by atoms with Gasteiger partial charge in [0.1, 0.15) is 17.2 Å². The molecule has 6 aromatic rings. The zero-order chi connectivity index (χ0) is 53.1. The molecule has 25 heteroatoms. The number of nitrogens with one attached hydrogen (secondary N) is 2. The lowest BCUT2D eigenvalue weighted by Gasteiger charge is -2.35. The van der Waals surface area contributed by atoms with E-state index in [0.717, 1.165) is 112 Å². The number of piperidine rings is 2. The van der Waals surface area contributed by atoms with Gasteiger partial charge in [-0.25, -0.2) is 45.4 Å². The van der Waals surface area contributed by atoms with Gasteiger partial charge in [-0.2, -0.15) is 10.2 Å². The monoisotopic (exact) mass is 1090 g/mol. The summed E-state index contributed by atoms with van der Waals surface area (Å²) < 4.78 is 59.2. The molecule has 2 amide bonds. The molecule has 74 heavy (non-hydrogen) atoms. The second-order valence-corrected chi connectivity index (χ2v) is 24.0. The Morgan fingerprint density at radius 2 is 1.07 bits per heavy atom. The van der Waals surface area contributed by atoms with Crippen LogP contribution in [-0.2, 0) is 24.8 Å². The van der Waals surface area contributed by atoms with Crippen LogP contribution >= 0.6 is 23.2 Å². The maximum Gasteiger partial charge on any atom is 0.410 e. The molecule has 0 radical (unpaired) electrons. The van der Waals surface area contributed by atoms with Crippen LogP contribution in [0.4, 0.5) is 27.8 Å². The minimum Gasteiger partial charge on any atom is -0.478 e. The molecule has 4 aliphatic rings. The van der Waals surface area contributed by atoms with Gasteiger partial charge in [0.25, 0.3) is 5.91 Å². The van der Waals surface area contributed by atoms with E-state index in [1.54, 1.807) is 20.0 Å². The Labute approximate surface area is 439 Å². The number of carbonyl (C=O) groups is 3. The van der Waals surface area contributed by atoms with Crippen molar-refractivity contribution < 1.29 is 41.1 Å². The van der Waals surface area contributed by atoms with E-state index in [1.807, 2.05) is 62.3 Å². The molecular formula is C49H60Cl2N12O9S2. The number of hydrogen-bond donors (Lipinski definition) is 3. The molecule has 4 aromatic heterocycles. The SMILES string of the molecule is CC(C)(C)OC(=O)N1CCCC[C@H]1c1cc2nc(N3CCC3)ccn2n1.CS(=O)(=O)Nc1ccc(Cl)cc1C(=O)N1CCCC[C@H]1c1cc2nc(N3CCC3)ccn2n1.CS(=O)(=O)Nc1ccc(Cl)cc1C(=O)O. The Hall–Kier alpha value is -6.43. The number of halogens is 2. The predicted molar refractivity (Wildman–Crippen MR) is 284 cm³/mol. The number of ether oxygens (including phenoxy) is 1. The maximum absolute atomic E-state index is 13.6. The summed E-state index contributed by atoms with van der Waals surface area (Å²) >= 11 is 11.8. The Bertz CT molecular complexity index is 3290. The molecule has 4 saturated heterocycles. The number of carboxylic acid groups (broad SMARTS) is 1. The van der Waals surface area contributed by atoms with E-state index in [-0.39, 0.29) is 51.6 Å². The first-order chi connectivity index (χ1) is 35.0. The van der Waals surface area contributed by atoms with Crippen LogP contribution in [0.25, 0.3) is 11.3 Å². The second-order valence-electron chi connectivity index (χ2n) is 19.6. The highest BCUT2D eigenvalue weighted by molar-refractivity contribution is 7.92. The molecule has 21 nitrogen and oxygen atoms in total. The van der Waals surface area contributed by atoms with Crippen LogP contribution in [0.15, 0.2) is 73.1 Å². The number of likely N-dealkylation sites (tertiary alicyclic amines) is 2. The lowest BCUT2D eigenvalue weighted by molar-refractivity contribution is 0.00893. The van der Waals surface area contributed by atoms with Crippen LogP contribution in [0.2, 0.25) is 10.0 Å². The van der Waals surface area contributed by atoms with Gasteiger partial charge in [0.2, 0.25) is 20.0 Å². The number of hydrogen-bond acceptors (Lipinski definition) is 14. The Balaban J connectivity index is 0.000000158. The molecule has 0 bridgehead atoms. The number of rotatable bonds is 10. The van der Waals surface area contributed by atoms with Gasteiger partial charge >= 0.3 is 12.1 Å². The molecule has 8 heterocycles. The maximum atomic E-state index is 13.6. The molecule has 4 aliphatic heterocycles. The van der Waals surface area contributed by atoms with Crippen molar-refractivity contribution in [2.45, 2.75) is 89.8 Å². The van der Waals surface area contributed by atoms with E-state index in [0.29, 0.717) is 18.1 Å². The molecule has 0 saturated carbocycles. The average Bonchev–Trinajstić information content (AvgIpc) is 3.92. The summed E-state index contributed by atoms with van der Waals surface area (Å²) in [5.74, 6) is 0.415. The third kappa shape index (κ3) is 13.4. The Morgan fingerprint density at radius 1 is 0.622 bits per heavy atom. The third-order valence-electron chi connectivity index (χ3n) is 12.6. The number of aromatic nitrogens is 6. The summed E-state index contributed by atoms with van der Waals surface area (Å²) in [6, 6.07) is 16.1. The van der Waals surface area contributed by atoms with Gasteiger partial charge in [-0.15, -0.1) is 0 Å². The van der Waals surface area contributed by atoms with Crippen LogP contribution in [-0.4, -0.2) is 136 Å². The zero-order valence-electron chi connectivity index (χ0n) is 41.7. The number of carbonyl (C=O) groups excluding carboxylic acids is 2. The van der Waals surface area contributed by atoms with Crippen molar-refractivity contribution >= 4 is 95.5 Å². The lowest BCUT2D eigenvalue weighted by atomic mass is 9.98. The molecule has 0 unspecified atom stereocenters. The van der Waals surface area contributed by atoms with Crippen molar-refractivity contribution in [2.75, 3.05) is 71.0 Å². The topological polar surface area (TPSA) is 246 Å².